The van der Waals surface area contributed by atoms with Gasteiger partial charge in [0.05, 0.1) is 22.6 Å². The molecule has 0 aliphatic carbocycles. The van der Waals surface area contributed by atoms with Gasteiger partial charge in [0.2, 0.25) is 0 Å². The van der Waals surface area contributed by atoms with E-state index in [2.05, 4.69) is 14.8 Å². The lowest BCUT2D eigenvalue weighted by Gasteiger charge is -2.12. The Balaban J connectivity index is 1.98. The maximum absolute atomic E-state index is 12.4. The van der Waals surface area contributed by atoms with Gasteiger partial charge in [0.25, 0.3) is 5.91 Å². The lowest BCUT2D eigenvalue weighted by atomic mass is 10.1. The average Bonchev–Trinajstić information content (AvgIpc) is 2.62. The summed E-state index contributed by atoms with van der Waals surface area (Å²) in [5.74, 6) is -1.31. The van der Waals surface area contributed by atoms with Crippen LogP contribution in [0.4, 0.5) is 30.2 Å². The first-order valence-electron chi connectivity index (χ1n) is 6.59. The first-order valence-corrected chi connectivity index (χ1v) is 8.38. The van der Waals surface area contributed by atoms with E-state index in [1.54, 1.807) is 12.1 Å². The largest absolute Gasteiger partial charge is 0.534 e. The third kappa shape index (κ3) is 3.35. The molecule has 1 heterocycles. The normalized spacial score (nSPS) is 13.8. The van der Waals surface area contributed by atoms with Crippen molar-refractivity contribution in [2.75, 3.05) is 10.6 Å². The summed E-state index contributed by atoms with van der Waals surface area (Å²) < 4.78 is 63.4. The molecular formula is C14H8ClF3N2O4S. The maximum Gasteiger partial charge on any atom is 0.534 e. The molecule has 0 unspecified atom stereocenters. The van der Waals surface area contributed by atoms with E-state index < -0.39 is 27.3 Å². The number of benzene rings is 2. The molecule has 0 fully saturated rings. The van der Waals surface area contributed by atoms with Crippen LogP contribution in [0, 0.1) is 0 Å². The number of hydrogen-bond donors (Lipinski definition) is 2. The molecule has 1 amide bonds. The molecule has 2 aromatic rings. The number of nitrogens with one attached hydrogen (secondary N) is 2. The van der Waals surface area contributed by atoms with Crippen LogP contribution in [0.2, 0.25) is 5.02 Å². The van der Waals surface area contributed by atoms with E-state index in [9.17, 15) is 26.4 Å². The fraction of sp³-hybridized carbons (Fsp3) is 0.0714. The number of anilines is 3. The molecular weight excluding hydrogens is 385 g/mol. The quantitative estimate of drug-likeness (QED) is 0.598. The summed E-state index contributed by atoms with van der Waals surface area (Å²) in [7, 11) is -5.83. The fourth-order valence-corrected chi connectivity index (χ4v) is 2.73. The van der Waals surface area contributed by atoms with Crippen LogP contribution in [0.25, 0.3) is 0 Å². The summed E-state index contributed by atoms with van der Waals surface area (Å²) in [6.45, 7) is 0. The number of rotatable bonds is 2. The Labute approximate surface area is 144 Å². The van der Waals surface area contributed by atoms with Crippen molar-refractivity contribution in [1.29, 1.82) is 0 Å². The molecule has 0 bridgehead atoms. The number of carbonyl (C=O) groups is 1. The molecule has 1 aliphatic heterocycles. The van der Waals surface area contributed by atoms with Gasteiger partial charge in [0, 0.05) is 5.02 Å². The van der Waals surface area contributed by atoms with E-state index in [1.165, 1.54) is 12.1 Å². The Morgan fingerprint density at radius 3 is 2.32 bits per heavy atom. The van der Waals surface area contributed by atoms with Crippen LogP contribution in [-0.2, 0) is 10.1 Å². The van der Waals surface area contributed by atoms with Gasteiger partial charge in [-0.15, -0.1) is 0 Å². The molecule has 2 aromatic carbocycles. The summed E-state index contributed by atoms with van der Waals surface area (Å²) in [6.07, 6.45) is 0. The summed E-state index contributed by atoms with van der Waals surface area (Å²) in [5.41, 5.74) is -4.54. The Hall–Kier alpha value is -2.46. The van der Waals surface area contributed by atoms with E-state index in [-0.39, 0.29) is 11.3 Å². The molecule has 3 rings (SSSR count). The molecule has 11 heteroatoms. The van der Waals surface area contributed by atoms with Crippen LogP contribution in [0.3, 0.4) is 0 Å². The predicted octanol–water partition coefficient (Wildman–Crippen LogP) is 3.88. The SMILES string of the molecule is O=C1Nc2cc(Cl)ccc2Nc2ccc(OS(=O)(=O)C(F)(F)F)cc21. The van der Waals surface area contributed by atoms with Gasteiger partial charge in [-0.3, -0.25) is 4.79 Å². The van der Waals surface area contributed by atoms with Crippen LogP contribution < -0.4 is 14.8 Å². The summed E-state index contributed by atoms with van der Waals surface area (Å²) >= 11 is 5.86. The van der Waals surface area contributed by atoms with E-state index >= 15 is 0 Å². The molecule has 0 saturated carbocycles. The topological polar surface area (TPSA) is 84.5 Å². The second-order valence-electron chi connectivity index (χ2n) is 4.96. The second kappa shape index (κ2) is 5.81. The zero-order valence-corrected chi connectivity index (χ0v) is 13.6. The van der Waals surface area contributed by atoms with Crippen LogP contribution in [0.5, 0.6) is 5.75 Å². The minimum Gasteiger partial charge on any atom is -0.376 e. The zero-order valence-electron chi connectivity index (χ0n) is 12.0. The van der Waals surface area contributed by atoms with Gasteiger partial charge in [0.1, 0.15) is 5.75 Å². The van der Waals surface area contributed by atoms with Crippen molar-refractivity contribution in [3.63, 3.8) is 0 Å². The lowest BCUT2D eigenvalue weighted by molar-refractivity contribution is -0.0500. The van der Waals surface area contributed by atoms with Crippen molar-refractivity contribution in [3.8, 4) is 5.75 Å². The Kier molecular flexibility index (Phi) is 4.04. The van der Waals surface area contributed by atoms with E-state index in [1.807, 2.05) is 0 Å². The smallest absolute Gasteiger partial charge is 0.376 e. The molecule has 0 atom stereocenters. The molecule has 25 heavy (non-hydrogen) atoms. The molecule has 0 spiro atoms. The minimum atomic E-state index is -5.83. The van der Waals surface area contributed by atoms with E-state index in [4.69, 9.17) is 11.6 Å². The summed E-state index contributed by atoms with van der Waals surface area (Å²) in [4.78, 5) is 12.3. The maximum atomic E-state index is 12.4. The highest BCUT2D eigenvalue weighted by molar-refractivity contribution is 7.88. The highest BCUT2D eigenvalue weighted by Crippen LogP contribution is 2.36. The number of fused-ring (bicyclic) bond motifs is 2. The Morgan fingerprint density at radius 1 is 0.960 bits per heavy atom. The van der Waals surface area contributed by atoms with Crippen molar-refractivity contribution in [2.45, 2.75) is 5.51 Å². The highest BCUT2D eigenvalue weighted by atomic mass is 35.5. The van der Waals surface area contributed by atoms with Gasteiger partial charge in [-0.2, -0.15) is 21.6 Å². The van der Waals surface area contributed by atoms with Crippen molar-refractivity contribution in [3.05, 3.63) is 47.0 Å². The van der Waals surface area contributed by atoms with Gasteiger partial charge in [0.15, 0.2) is 0 Å². The third-order valence-corrected chi connectivity index (χ3v) is 4.44. The molecule has 6 nitrogen and oxygen atoms in total. The number of alkyl halides is 3. The lowest BCUT2D eigenvalue weighted by Crippen LogP contribution is -2.28. The van der Waals surface area contributed by atoms with Gasteiger partial charge >= 0.3 is 15.6 Å². The summed E-state index contributed by atoms with van der Waals surface area (Å²) in [5, 5.41) is 5.81. The van der Waals surface area contributed by atoms with Crippen molar-refractivity contribution in [1.82, 2.24) is 0 Å². The highest BCUT2D eigenvalue weighted by Gasteiger charge is 2.48. The molecule has 2 N–H and O–H groups in total. The zero-order chi connectivity index (χ0) is 18.4. The van der Waals surface area contributed by atoms with Crippen LogP contribution >= 0.6 is 11.6 Å². The predicted molar refractivity (Wildman–Crippen MR) is 84.7 cm³/mol. The molecule has 0 saturated heterocycles. The number of carbonyl (C=O) groups excluding carboxylic acids is 1. The van der Waals surface area contributed by atoms with Gasteiger partial charge in [-0.25, -0.2) is 0 Å². The first-order chi connectivity index (χ1) is 11.6. The molecule has 0 radical (unpaired) electrons. The number of halogens is 4. The molecule has 1 aliphatic rings. The number of hydrogen-bond acceptors (Lipinski definition) is 5. The standard InChI is InChI=1S/C14H8ClF3N2O4S/c15-7-1-3-11-12(5-7)20-13(21)9-6-8(2-4-10(9)19-11)24-25(22,23)14(16,17)18/h1-6,19H,(H,20,21). The average molecular weight is 393 g/mol. The minimum absolute atomic E-state index is 0.0952. The van der Waals surface area contributed by atoms with Crippen LogP contribution in [0.1, 0.15) is 10.4 Å². The second-order valence-corrected chi connectivity index (χ2v) is 6.93. The number of amides is 1. The van der Waals surface area contributed by atoms with Crippen LogP contribution in [0.15, 0.2) is 36.4 Å². The van der Waals surface area contributed by atoms with E-state index in [0.29, 0.717) is 16.4 Å². The molecule has 132 valence electrons. The van der Waals surface area contributed by atoms with Gasteiger partial charge in [-0.1, -0.05) is 11.6 Å². The Bertz CT molecular complexity index is 977. The van der Waals surface area contributed by atoms with Crippen molar-refractivity contribution < 1.29 is 30.6 Å². The monoisotopic (exact) mass is 392 g/mol. The van der Waals surface area contributed by atoms with Crippen molar-refractivity contribution in [2.24, 2.45) is 0 Å². The van der Waals surface area contributed by atoms with Crippen molar-refractivity contribution >= 4 is 44.7 Å². The summed E-state index contributed by atoms with van der Waals surface area (Å²) in [6, 6.07) is 7.81. The van der Waals surface area contributed by atoms with E-state index in [0.717, 1.165) is 12.1 Å². The van der Waals surface area contributed by atoms with Crippen LogP contribution in [-0.4, -0.2) is 19.8 Å². The third-order valence-electron chi connectivity index (χ3n) is 3.22. The van der Waals surface area contributed by atoms with Gasteiger partial charge in [-0.05, 0) is 36.4 Å². The fourth-order valence-electron chi connectivity index (χ4n) is 2.11. The first kappa shape index (κ1) is 17.4. The molecule has 0 aromatic heterocycles. The van der Waals surface area contributed by atoms with Gasteiger partial charge < -0.3 is 14.8 Å². The Morgan fingerprint density at radius 2 is 1.64 bits per heavy atom.